The first-order valence-corrected chi connectivity index (χ1v) is 8.99. The molecule has 1 aromatic carbocycles. The van der Waals surface area contributed by atoms with Gasteiger partial charge in [0.2, 0.25) is 17.6 Å². The van der Waals surface area contributed by atoms with Crippen LogP contribution in [0.1, 0.15) is 42.4 Å². The summed E-state index contributed by atoms with van der Waals surface area (Å²) in [6.07, 6.45) is 2.45. The number of likely N-dealkylation sites (tertiary alicyclic amines) is 1. The van der Waals surface area contributed by atoms with Crippen molar-refractivity contribution in [3.63, 3.8) is 0 Å². The van der Waals surface area contributed by atoms with Gasteiger partial charge >= 0.3 is 0 Å². The number of rotatable bonds is 5. The van der Waals surface area contributed by atoms with Crippen LogP contribution in [0, 0.1) is 12.8 Å². The first-order valence-electron chi connectivity index (χ1n) is 8.99. The summed E-state index contributed by atoms with van der Waals surface area (Å²) < 4.78 is 4.95. The molecule has 1 fully saturated rings. The molecule has 1 aliphatic heterocycles. The smallest absolute Gasteiger partial charge is 0.251 e. The van der Waals surface area contributed by atoms with E-state index in [4.69, 9.17) is 4.52 Å². The van der Waals surface area contributed by atoms with E-state index in [2.05, 4.69) is 22.4 Å². The van der Waals surface area contributed by atoms with Gasteiger partial charge in [0.05, 0.1) is 0 Å². The lowest BCUT2D eigenvalue weighted by atomic mass is 9.99. The molecule has 0 spiro atoms. The number of piperidine rings is 1. The fourth-order valence-electron chi connectivity index (χ4n) is 2.99. The zero-order valence-corrected chi connectivity index (χ0v) is 15.2. The third-order valence-electron chi connectivity index (χ3n) is 4.69. The Morgan fingerprint density at radius 3 is 2.54 bits per heavy atom. The molecule has 26 heavy (non-hydrogen) atoms. The number of aromatic nitrogens is 2. The lowest BCUT2D eigenvalue weighted by Gasteiger charge is -2.30. The van der Waals surface area contributed by atoms with Crippen molar-refractivity contribution >= 4 is 11.8 Å². The van der Waals surface area contributed by atoms with Crippen LogP contribution in [0.2, 0.25) is 0 Å². The van der Waals surface area contributed by atoms with Crippen molar-refractivity contribution in [3.05, 3.63) is 35.7 Å². The molecule has 2 amide bonds. The molecular formula is C19H24N4O3. The zero-order chi connectivity index (χ0) is 18.5. The van der Waals surface area contributed by atoms with Crippen LogP contribution in [0.5, 0.6) is 0 Å². The minimum atomic E-state index is -0.194. The summed E-state index contributed by atoms with van der Waals surface area (Å²) in [5, 5.41) is 6.65. The second-order valence-corrected chi connectivity index (χ2v) is 6.78. The number of hydrogen-bond acceptors (Lipinski definition) is 5. The van der Waals surface area contributed by atoms with Crippen LogP contribution in [0.25, 0.3) is 11.4 Å². The topological polar surface area (TPSA) is 88.3 Å². The van der Waals surface area contributed by atoms with E-state index in [0.29, 0.717) is 36.2 Å². The molecule has 7 heteroatoms. The normalized spacial score (nSPS) is 15.1. The Labute approximate surface area is 152 Å². The summed E-state index contributed by atoms with van der Waals surface area (Å²) >= 11 is 0. The van der Waals surface area contributed by atoms with E-state index in [1.165, 1.54) is 0 Å². The Hall–Kier alpha value is -2.70. The van der Waals surface area contributed by atoms with E-state index >= 15 is 0 Å². The summed E-state index contributed by atoms with van der Waals surface area (Å²) in [7, 11) is 0. The molecule has 138 valence electrons. The number of hydrogen-bond donors (Lipinski definition) is 1. The van der Waals surface area contributed by atoms with Crippen LogP contribution in [0.3, 0.4) is 0 Å². The van der Waals surface area contributed by atoms with Gasteiger partial charge in [-0.3, -0.25) is 9.59 Å². The van der Waals surface area contributed by atoms with Gasteiger partial charge in [0.25, 0.3) is 5.91 Å². The van der Waals surface area contributed by atoms with Crippen LogP contribution in [-0.4, -0.2) is 46.5 Å². The Morgan fingerprint density at radius 1 is 1.23 bits per heavy atom. The predicted octanol–water partition coefficient (Wildman–Crippen LogP) is 2.42. The molecule has 0 bridgehead atoms. The minimum absolute atomic E-state index is 0.111. The summed E-state index contributed by atoms with van der Waals surface area (Å²) in [6, 6.07) is 6.98. The average molecular weight is 356 g/mol. The van der Waals surface area contributed by atoms with Gasteiger partial charge < -0.3 is 14.7 Å². The van der Waals surface area contributed by atoms with Crippen LogP contribution >= 0.6 is 0 Å². The van der Waals surface area contributed by atoms with Crippen LogP contribution in [0.4, 0.5) is 0 Å². The molecule has 7 nitrogen and oxygen atoms in total. The largest absolute Gasteiger partial charge is 0.352 e. The zero-order valence-electron chi connectivity index (χ0n) is 15.2. The third kappa shape index (κ3) is 4.47. The Balaban J connectivity index is 1.47. The number of amides is 2. The van der Waals surface area contributed by atoms with Crippen molar-refractivity contribution in [2.75, 3.05) is 19.6 Å². The van der Waals surface area contributed by atoms with Crippen molar-refractivity contribution in [3.8, 4) is 11.4 Å². The lowest BCUT2D eigenvalue weighted by Crippen LogP contribution is -2.39. The Morgan fingerprint density at radius 2 is 1.92 bits per heavy atom. The minimum Gasteiger partial charge on any atom is -0.352 e. The monoisotopic (exact) mass is 356 g/mol. The van der Waals surface area contributed by atoms with Gasteiger partial charge in [-0.1, -0.05) is 24.2 Å². The van der Waals surface area contributed by atoms with Gasteiger partial charge in [-0.25, -0.2) is 0 Å². The van der Waals surface area contributed by atoms with Crippen molar-refractivity contribution < 1.29 is 14.1 Å². The molecular weight excluding hydrogens is 332 g/mol. The number of nitrogens with one attached hydrogen (secondary N) is 1. The van der Waals surface area contributed by atoms with Gasteiger partial charge in [-0.2, -0.15) is 4.98 Å². The maximum Gasteiger partial charge on any atom is 0.251 e. The number of carbonyl (C=O) groups excluding carboxylic acids is 2. The molecule has 3 rings (SSSR count). The van der Waals surface area contributed by atoms with E-state index in [-0.39, 0.29) is 11.8 Å². The van der Waals surface area contributed by atoms with E-state index < -0.39 is 0 Å². The van der Waals surface area contributed by atoms with Gasteiger partial charge in [0, 0.05) is 44.1 Å². The quantitative estimate of drug-likeness (QED) is 0.889. The molecule has 0 unspecified atom stereocenters. The van der Waals surface area contributed by atoms with E-state index in [9.17, 15) is 9.59 Å². The highest BCUT2D eigenvalue weighted by molar-refractivity contribution is 5.94. The Bertz CT molecular complexity index is 761. The highest BCUT2D eigenvalue weighted by Crippen LogP contribution is 2.17. The number of aryl methyl sites for hydroxylation is 1. The van der Waals surface area contributed by atoms with Crippen LogP contribution in [0.15, 0.2) is 28.8 Å². The standard InChI is InChI=1S/C19H24N4O3/c1-13-8-11-23(12-9-13)17(24)7-10-20-19(25)16-5-3-15(4-6-16)18-21-14(2)26-22-18/h3-6,13H,7-12H2,1-2H3,(H,20,25). The summed E-state index contributed by atoms with van der Waals surface area (Å²) in [6.45, 7) is 5.93. The SMILES string of the molecule is Cc1nc(-c2ccc(C(=O)NCCC(=O)N3CCC(C)CC3)cc2)no1. The highest BCUT2D eigenvalue weighted by Gasteiger charge is 2.20. The molecule has 2 aromatic rings. The number of benzene rings is 1. The molecule has 0 radical (unpaired) electrons. The first-order chi connectivity index (χ1) is 12.5. The lowest BCUT2D eigenvalue weighted by molar-refractivity contribution is -0.132. The number of carbonyl (C=O) groups is 2. The fraction of sp³-hybridized carbons (Fsp3) is 0.474. The van der Waals surface area contributed by atoms with Gasteiger partial charge in [-0.05, 0) is 30.9 Å². The number of nitrogens with zero attached hydrogens (tertiary/aromatic N) is 3. The van der Waals surface area contributed by atoms with Crippen molar-refractivity contribution in [2.45, 2.75) is 33.1 Å². The maximum atomic E-state index is 12.2. The molecule has 2 heterocycles. The molecule has 1 aromatic heterocycles. The fourth-order valence-corrected chi connectivity index (χ4v) is 2.99. The molecule has 1 N–H and O–H groups in total. The maximum absolute atomic E-state index is 12.2. The molecule has 0 atom stereocenters. The average Bonchev–Trinajstić information content (AvgIpc) is 3.08. The summed E-state index contributed by atoms with van der Waals surface area (Å²) in [5.74, 6) is 1.60. The second-order valence-electron chi connectivity index (χ2n) is 6.78. The predicted molar refractivity (Wildman–Crippen MR) is 96.4 cm³/mol. The van der Waals surface area contributed by atoms with Gasteiger partial charge in [-0.15, -0.1) is 0 Å². The molecule has 0 saturated carbocycles. The van der Waals surface area contributed by atoms with Gasteiger partial charge in [0.1, 0.15) is 0 Å². The van der Waals surface area contributed by atoms with Crippen molar-refractivity contribution in [2.24, 2.45) is 5.92 Å². The van der Waals surface area contributed by atoms with E-state index in [1.807, 2.05) is 4.90 Å². The first kappa shape index (κ1) is 18.1. The summed E-state index contributed by atoms with van der Waals surface area (Å²) in [4.78, 5) is 30.4. The van der Waals surface area contributed by atoms with Crippen LogP contribution in [-0.2, 0) is 4.79 Å². The Kier molecular flexibility index (Phi) is 5.65. The van der Waals surface area contributed by atoms with Gasteiger partial charge in [0.15, 0.2) is 0 Å². The second kappa shape index (κ2) is 8.12. The third-order valence-corrected chi connectivity index (χ3v) is 4.69. The van der Waals surface area contributed by atoms with Crippen molar-refractivity contribution in [1.29, 1.82) is 0 Å². The molecule has 0 aliphatic carbocycles. The van der Waals surface area contributed by atoms with Crippen molar-refractivity contribution in [1.82, 2.24) is 20.4 Å². The summed E-state index contributed by atoms with van der Waals surface area (Å²) in [5.41, 5.74) is 1.32. The molecule has 1 saturated heterocycles. The van der Waals surface area contributed by atoms with E-state index in [0.717, 1.165) is 31.5 Å². The van der Waals surface area contributed by atoms with Crippen LogP contribution < -0.4 is 5.32 Å². The highest BCUT2D eigenvalue weighted by atomic mass is 16.5. The van der Waals surface area contributed by atoms with E-state index in [1.54, 1.807) is 31.2 Å². The molecule has 1 aliphatic rings.